The number of ether oxygens (including phenoxy) is 1. The maximum atomic E-state index is 11.5. The molecular formula is C17H18O2. The molecule has 2 rings (SSSR count). The van der Waals surface area contributed by atoms with Gasteiger partial charge in [-0.05, 0) is 42.2 Å². The average Bonchev–Trinajstić information content (AvgIpc) is 2.46. The average molecular weight is 254 g/mol. The summed E-state index contributed by atoms with van der Waals surface area (Å²) in [5.41, 5.74) is 4.18. The molecule has 0 spiro atoms. The number of methoxy groups -OCH3 is 1. The topological polar surface area (TPSA) is 26.3 Å². The van der Waals surface area contributed by atoms with E-state index in [4.69, 9.17) is 4.74 Å². The van der Waals surface area contributed by atoms with Crippen LogP contribution in [0.3, 0.4) is 0 Å². The van der Waals surface area contributed by atoms with Crippen LogP contribution in [0.25, 0.3) is 11.1 Å². The molecule has 0 radical (unpaired) electrons. The fraction of sp³-hybridized carbons (Fsp3) is 0.235. The standard InChI is InChI=1S/C17H18O2/c1-4-13-11-15(7-10-17(13)12(2)18)14-5-8-16(19-3)9-6-14/h5-11H,4H2,1-3H3. The van der Waals surface area contributed by atoms with Crippen molar-refractivity contribution in [3.63, 3.8) is 0 Å². The van der Waals surface area contributed by atoms with Gasteiger partial charge in [0.15, 0.2) is 5.78 Å². The van der Waals surface area contributed by atoms with Gasteiger partial charge in [-0.25, -0.2) is 0 Å². The highest BCUT2D eigenvalue weighted by molar-refractivity contribution is 5.96. The number of hydrogen-bond acceptors (Lipinski definition) is 2. The zero-order valence-electron chi connectivity index (χ0n) is 11.6. The van der Waals surface area contributed by atoms with E-state index >= 15 is 0 Å². The monoisotopic (exact) mass is 254 g/mol. The van der Waals surface area contributed by atoms with E-state index in [1.807, 2.05) is 36.4 Å². The van der Waals surface area contributed by atoms with Crippen LogP contribution in [0.5, 0.6) is 5.75 Å². The molecule has 0 unspecified atom stereocenters. The van der Waals surface area contributed by atoms with E-state index in [2.05, 4.69) is 13.0 Å². The number of carbonyl (C=O) groups excluding carboxylic acids is 1. The van der Waals surface area contributed by atoms with Crippen LogP contribution >= 0.6 is 0 Å². The summed E-state index contributed by atoms with van der Waals surface area (Å²) in [5, 5.41) is 0. The minimum Gasteiger partial charge on any atom is -0.497 e. The van der Waals surface area contributed by atoms with Crippen molar-refractivity contribution in [2.45, 2.75) is 20.3 Å². The van der Waals surface area contributed by atoms with Crippen LogP contribution in [0.2, 0.25) is 0 Å². The van der Waals surface area contributed by atoms with Crippen molar-refractivity contribution >= 4 is 5.78 Å². The third-order valence-corrected chi connectivity index (χ3v) is 3.29. The summed E-state index contributed by atoms with van der Waals surface area (Å²) in [6, 6.07) is 14.0. The van der Waals surface area contributed by atoms with Crippen LogP contribution < -0.4 is 4.74 Å². The van der Waals surface area contributed by atoms with E-state index in [1.165, 1.54) is 0 Å². The normalized spacial score (nSPS) is 10.3. The Labute approximate surface area is 114 Å². The number of carbonyl (C=O) groups is 1. The second kappa shape index (κ2) is 5.70. The van der Waals surface area contributed by atoms with E-state index in [9.17, 15) is 4.79 Å². The van der Waals surface area contributed by atoms with Gasteiger partial charge in [0, 0.05) is 5.56 Å². The van der Waals surface area contributed by atoms with Crippen LogP contribution in [0, 0.1) is 0 Å². The summed E-state index contributed by atoms with van der Waals surface area (Å²) in [6.07, 6.45) is 0.860. The van der Waals surface area contributed by atoms with Gasteiger partial charge in [-0.2, -0.15) is 0 Å². The fourth-order valence-corrected chi connectivity index (χ4v) is 2.19. The van der Waals surface area contributed by atoms with Gasteiger partial charge >= 0.3 is 0 Å². The van der Waals surface area contributed by atoms with Gasteiger partial charge in [0.2, 0.25) is 0 Å². The van der Waals surface area contributed by atoms with Crippen molar-refractivity contribution in [1.82, 2.24) is 0 Å². The van der Waals surface area contributed by atoms with Gasteiger partial charge in [0.1, 0.15) is 5.75 Å². The van der Waals surface area contributed by atoms with Crippen molar-refractivity contribution in [1.29, 1.82) is 0 Å². The highest BCUT2D eigenvalue weighted by Crippen LogP contribution is 2.25. The second-order valence-corrected chi connectivity index (χ2v) is 4.51. The van der Waals surface area contributed by atoms with Crippen LogP contribution in [-0.4, -0.2) is 12.9 Å². The zero-order valence-corrected chi connectivity index (χ0v) is 11.6. The Morgan fingerprint density at radius 1 is 1.05 bits per heavy atom. The summed E-state index contributed by atoms with van der Waals surface area (Å²) in [4.78, 5) is 11.5. The van der Waals surface area contributed by atoms with Gasteiger partial charge in [-0.1, -0.05) is 37.3 Å². The van der Waals surface area contributed by atoms with Crippen molar-refractivity contribution in [3.05, 3.63) is 53.6 Å². The molecule has 0 aliphatic carbocycles. The molecule has 0 saturated carbocycles. The van der Waals surface area contributed by atoms with Gasteiger partial charge in [0.05, 0.1) is 7.11 Å². The molecule has 0 aliphatic heterocycles. The molecule has 0 amide bonds. The lowest BCUT2D eigenvalue weighted by Gasteiger charge is -2.09. The Morgan fingerprint density at radius 2 is 1.68 bits per heavy atom. The molecule has 0 aliphatic rings. The zero-order chi connectivity index (χ0) is 13.8. The van der Waals surface area contributed by atoms with Crippen LogP contribution in [0.1, 0.15) is 29.8 Å². The summed E-state index contributed by atoms with van der Waals surface area (Å²) in [6.45, 7) is 3.68. The Kier molecular flexibility index (Phi) is 4.00. The van der Waals surface area contributed by atoms with Gasteiger partial charge in [0.25, 0.3) is 0 Å². The molecule has 0 aromatic heterocycles. The molecule has 19 heavy (non-hydrogen) atoms. The number of benzene rings is 2. The molecule has 98 valence electrons. The second-order valence-electron chi connectivity index (χ2n) is 4.51. The number of hydrogen-bond donors (Lipinski definition) is 0. The molecule has 2 aromatic rings. The summed E-state index contributed by atoms with van der Waals surface area (Å²) in [7, 11) is 1.66. The van der Waals surface area contributed by atoms with Crippen LogP contribution in [0.4, 0.5) is 0 Å². The molecule has 0 bridgehead atoms. The molecule has 2 aromatic carbocycles. The molecule has 2 nitrogen and oxygen atoms in total. The first-order chi connectivity index (χ1) is 9.15. The number of rotatable bonds is 4. The minimum absolute atomic E-state index is 0.123. The Bertz CT molecular complexity index is 583. The summed E-state index contributed by atoms with van der Waals surface area (Å²) in [5.74, 6) is 0.970. The van der Waals surface area contributed by atoms with Crippen LogP contribution in [-0.2, 0) is 6.42 Å². The van der Waals surface area contributed by atoms with Crippen molar-refractivity contribution in [2.75, 3.05) is 7.11 Å². The molecular weight excluding hydrogens is 236 g/mol. The number of ketones is 1. The fourth-order valence-electron chi connectivity index (χ4n) is 2.19. The lowest BCUT2D eigenvalue weighted by molar-refractivity contribution is 0.101. The van der Waals surface area contributed by atoms with Crippen molar-refractivity contribution in [3.8, 4) is 16.9 Å². The molecule has 2 heteroatoms. The smallest absolute Gasteiger partial charge is 0.160 e. The van der Waals surface area contributed by atoms with Crippen molar-refractivity contribution < 1.29 is 9.53 Å². The number of Topliss-reactive ketones (excluding diaryl/α,β-unsaturated/α-hetero) is 1. The van der Waals surface area contributed by atoms with E-state index in [0.29, 0.717) is 0 Å². The van der Waals surface area contributed by atoms with E-state index < -0.39 is 0 Å². The highest BCUT2D eigenvalue weighted by Gasteiger charge is 2.07. The SMILES string of the molecule is CCc1cc(-c2ccc(OC)cc2)ccc1C(C)=O. The predicted molar refractivity (Wildman–Crippen MR) is 77.8 cm³/mol. The predicted octanol–water partition coefficient (Wildman–Crippen LogP) is 4.13. The molecule has 0 heterocycles. The van der Waals surface area contributed by atoms with E-state index in [-0.39, 0.29) is 5.78 Å². The Morgan fingerprint density at radius 3 is 2.21 bits per heavy atom. The molecule has 0 atom stereocenters. The summed E-state index contributed by atoms with van der Waals surface area (Å²) < 4.78 is 5.16. The van der Waals surface area contributed by atoms with Gasteiger partial charge in [-0.15, -0.1) is 0 Å². The van der Waals surface area contributed by atoms with E-state index in [0.717, 1.165) is 34.4 Å². The van der Waals surface area contributed by atoms with Gasteiger partial charge in [-0.3, -0.25) is 4.79 Å². The molecule has 0 N–H and O–H groups in total. The maximum absolute atomic E-state index is 11.5. The third kappa shape index (κ3) is 2.84. The number of aryl methyl sites for hydroxylation is 1. The quantitative estimate of drug-likeness (QED) is 0.767. The first-order valence-corrected chi connectivity index (χ1v) is 6.44. The molecule has 0 fully saturated rings. The maximum Gasteiger partial charge on any atom is 0.160 e. The largest absolute Gasteiger partial charge is 0.497 e. The third-order valence-electron chi connectivity index (χ3n) is 3.29. The van der Waals surface area contributed by atoms with Crippen LogP contribution in [0.15, 0.2) is 42.5 Å². The first kappa shape index (κ1) is 13.3. The van der Waals surface area contributed by atoms with Crippen molar-refractivity contribution in [2.24, 2.45) is 0 Å². The summed E-state index contributed by atoms with van der Waals surface area (Å²) >= 11 is 0. The molecule has 0 saturated heterocycles. The van der Waals surface area contributed by atoms with E-state index in [1.54, 1.807) is 14.0 Å². The Hall–Kier alpha value is -2.09. The first-order valence-electron chi connectivity index (χ1n) is 6.44. The lowest BCUT2D eigenvalue weighted by Crippen LogP contribution is -1.98. The lowest BCUT2D eigenvalue weighted by atomic mass is 9.96. The van der Waals surface area contributed by atoms with Gasteiger partial charge < -0.3 is 4.74 Å². The minimum atomic E-state index is 0.123. The Balaban J connectivity index is 2.42. The highest BCUT2D eigenvalue weighted by atomic mass is 16.5.